The molecule has 0 spiro atoms. The Morgan fingerprint density at radius 2 is 1.74 bits per heavy atom. The smallest absolute Gasteiger partial charge is 0.410 e. The van der Waals surface area contributed by atoms with Gasteiger partial charge in [0.2, 0.25) is 27.7 Å². The fraction of sp³-hybridized carbons (Fsp3) is 0.674. The lowest BCUT2D eigenvalue weighted by atomic mass is 9.87. The first kappa shape index (κ1) is 41.9. The van der Waals surface area contributed by atoms with Gasteiger partial charge >= 0.3 is 12.1 Å². The van der Waals surface area contributed by atoms with Crippen LogP contribution in [0.25, 0.3) is 0 Å². The predicted octanol–water partition coefficient (Wildman–Crippen LogP) is 4.57. The molecule has 4 amide bonds. The first-order chi connectivity index (χ1) is 27.6. The summed E-state index contributed by atoms with van der Waals surface area (Å²) in [6.07, 6.45) is 6.28. The highest BCUT2D eigenvalue weighted by molar-refractivity contribution is 7.90. The van der Waals surface area contributed by atoms with Crippen molar-refractivity contribution in [3.8, 4) is 0 Å². The number of nitrogens with one attached hydrogen (secondary N) is 1. The van der Waals surface area contributed by atoms with Gasteiger partial charge in [-0.3, -0.25) is 33.6 Å². The Balaban J connectivity index is 1.22. The van der Waals surface area contributed by atoms with E-state index in [1.54, 1.807) is 4.90 Å². The summed E-state index contributed by atoms with van der Waals surface area (Å²) in [4.78, 5) is 88.5. The Hall–Kier alpha value is -4.27. The molecule has 58 heavy (non-hydrogen) atoms. The van der Waals surface area contributed by atoms with Crippen LogP contribution in [-0.4, -0.2) is 102 Å². The number of nitrogens with zero attached hydrogens (tertiary/aromatic N) is 3. The average Bonchev–Trinajstić information content (AvgIpc) is 4.07. The molecule has 5 atom stereocenters. The van der Waals surface area contributed by atoms with Crippen LogP contribution in [0.4, 0.5) is 4.79 Å². The first-order valence-electron chi connectivity index (χ1n) is 21.1. The van der Waals surface area contributed by atoms with Crippen LogP contribution < -0.4 is 4.72 Å². The molecule has 1 aromatic carbocycles. The van der Waals surface area contributed by atoms with Gasteiger partial charge < -0.3 is 19.3 Å². The van der Waals surface area contributed by atoms with Crippen LogP contribution in [0.5, 0.6) is 0 Å². The largest absolute Gasteiger partial charge is 0.465 e. The summed E-state index contributed by atoms with van der Waals surface area (Å²) in [6.45, 7) is 8.65. The molecule has 4 aliphatic heterocycles. The number of hydrogen-bond acceptors (Lipinski definition) is 10. The second kappa shape index (κ2) is 16.8. The van der Waals surface area contributed by atoms with Crippen molar-refractivity contribution in [1.82, 2.24) is 19.4 Å². The van der Waals surface area contributed by atoms with Gasteiger partial charge in [-0.25, -0.2) is 13.2 Å². The highest BCUT2D eigenvalue weighted by Gasteiger charge is 2.62. The van der Waals surface area contributed by atoms with Gasteiger partial charge in [-0.2, -0.15) is 0 Å². The molecule has 1 N–H and O–H groups in total. The van der Waals surface area contributed by atoms with Crippen molar-refractivity contribution in [2.75, 3.05) is 26.2 Å². The van der Waals surface area contributed by atoms with Crippen LogP contribution in [0.1, 0.15) is 114 Å². The van der Waals surface area contributed by atoms with E-state index >= 15 is 0 Å². The summed E-state index contributed by atoms with van der Waals surface area (Å²) >= 11 is 0. The third kappa shape index (κ3) is 9.29. The summed E-state index contributed by atoms with van der Waals surface area (Å²) in [5.74, 6) is -4.05. The quantitative estimate of drug-likeness (QED) is 0.335. The lowest BCUT2D eigenvalue weighted by Gasteiger charge is -2.32. The maximum absolute atomic E-state index is 14.9. The Labute approximate surface area is 341 Å². The van der Waals surface area contributed by atoms with Gasteiger partial charge in [0, 0.05) is 39.0 Å². The van der Waals surface area contributed by atoms with Crippen molar-refractivity contribution in [2.24, 2.45) is 22.7 Å². The average molecular weight is 823 g/mol. The number of Topliss-reactive ketones (excluding diaryl/α,β-unsaturated/α-hetero) is 1. The molecule has 2 saturated heterocycles. The van der Waals surface area contributed by atoms with Gasteiger partial charge in [-0.05, 0) is 85.5 Å². The zero-order valence-electron chi connectivity index (χ0n) is 33.9. The maximum atomic E-state index is 14.9. The normalized spacial score (nSPS) is 30.0. The number of rotatable bonds is 4. The fourth-order valence-corrected chi connectivity index (χ4v) is 10.9. The molecule has 5 bridgehead atoms. The Morgan fingerprint density at radius 3 is 2.50 bits per heavy atom. The van der Waals surface area contributed by atoms with Crippen LogP contribution in [-0.2, 0) is 63.0 Å². The zero-order chi connectivity index (χ0) is 41.4. The van der Waals surface area contributed by atoms with Crippen LogP contribution in [0.2, 0.25) is 0 Å². The molecule has 4 heterocycles. The van der Waals surface area contributed by atoms with Gasteiger partial charge in [-0.1, -0.05) is 57.9 Å². The summed E-state index contributed by atoms with van der Waals surface area (Å²) in [6, 6.07) is 4.97. The van der Waals surface area contributed by atoms with Crippen LogP contribution >= 0.6 is 0 Å². The molecule has 0 aromatic heterocycles. The highest BCUT2D eigenvalue weighted by atomic mass is 32.2. The monoisotopic (exact) mass is 822 g/mol. The molecule has 1 aromatic rings. The standard InChI is InChI=1S/C43H58N4O10S/c1-4-37(49)45-18-9-5-6-14-31-21-43(31,40(52)44-58(54,55)33-15-16-33)22-36(48)35-20-32-25-47(35)39(51)30(24-45)19-38(50)56-27-42(2,3)17-8-7-11-28-12-10-13-29-23-46(26-34(28)29)41(53)57-32/h4,10,12-13,30-33,35H,1,5-9,11,14-27H2,2-3H3,(H,44,52)/t30-,31+,32+,35-,43+/m0/s1. The maximum Gasteiger partial charge on any atom is 0.410 e. The Bertz CT molecular complexity index is 1950. The number of carbonyl (C=O) groups is 6. The lowest BCUT2D eigenvalue weighted by molar-refractivity contribution is -0.153. The molecular formula is C43H58N4O10S. The number of esters is 1. The van der Waals surface area contributed by atoms with Gasteiger partial charge in [0.1, 0.15) is 6.10 Å². The van der Waals surface area contributed by atoms with E-state index in [-0.39, 0.29) is 56.8 Å². The number of aryl methyl sites for hydroxylation is 1. The number of sulfonamides is 1. The summed E-state index contributed by atoms with van der Waals surface area (Å²) in [7, 11) is -3.89. The molecular weight excluding hydrogens is 765 g/mol. The molecule has 7 rings (SSSR count). The molecule has 0 unspecified atom stereocenters. The van der Waals surface area contributed by atoms with Crippen molar-refractivity contribution in [1.29, 1.82) is 0 Å². The topological polar surface area (TPSA) is 177 Å². The van der Waals surface area contributed by atoms with E-state index in [9.17, 15) is 37.2 Å². The SMILES string of the molecule is C=CC(=O)N1CCCCC[C@@H]2C[C@@]2(C(=O)NS(=O)(=O)C2CC2)CC(=O)[C@@H]2C[C@@H]3CN2C(=O)[C@@H](CC(=O)OCC(C)(C)CCCCc2cccc4c2CN(C4)C(=O)O3)C1. The second-order valence-electron chi connectivity index (χ2n) is 18.3. The summed E-state index contributed by atoms with van der Waals surface area (Å²) in [5, 5.41) is -0.625. The number of benzene rings is 1. The minimum absolute atomic E-state index is 0.0360. The Kier molecular flexibility index (Phi) is 12.1. The van der Waals surface area contributed by atoms with Crippen molar-refractivity contribution < 1.29 is 46.7 Å². The highest BCUT2D eigenvalue weighted by Crippen LogP contribution is 2.59. The molecule has 4 fully saturated rings. The van der Waals surface area contributed by atoms with Gasteiger partial charge in [0.15, 0.2) is 5.78 Å². The van der Waals surface area contributed by atoms with Gasteiger partial charge in [0.25, 0.3) is 0 Å². The van der Waals surface area contributed by atoms with Crippen molar-refractivity contribution in [3.63, 3.8) is 0 Å². The number of ketones is 1. The number of carbonyl (C=O) groups excluding carboxylic acids is 6. The van der Waals surface area contributed by atoms with Crippen molar-refractivity contribution in [2.45, 2.75) is 134 Å². The number of amides is 4. The van der Waals surface area contributed by atoms with Gasteiger partial charge in [0.05, 0.1) is 42.2 Å². The zero-order valence-corrected chi connectivity index (χ0v) is 34.7. The van der Waals surface area contributed by atoms with E-state index in [1.807, 2.05) is 26.0 Å². The molecule has 2 aliphatic carbocycles. The van der Waals surface area contributed by atoms with Crippen LogP contribution in [0.15, 0.2) is 30.9 Å². The van der Waals surface area contributed by atoms with Crippen LogP contribution in [0.3, 0.4) is 0 Å². The van der Waals surface area contributed by atoms with E-state index in [0.29, 0.717) is 58.0 Å². The van der Waals surface area contributed by atoms with E-state index < -0.39 is 74.3 Å². The third-order valence-corrected chi connectivity index (χ3v) is 15.1. The number of hydrogen-bond donors (Lipinski definition) is 1. The molecule has 0 radical (unpaired) electrons. The molecule has 316 valence electrons. The molecule has 2 saturated carbocycles. The van der Waals surface area contributed by atoms with E-state index in [0.717, 1.165) is 36.8 Å². The lowest BCUT2D eigenvalue weighted by Crippen LogP contribution is -2.49. The van der Waals surface area contributed by atoms with Crippen LogP contribution in [0, 0.1) is 22.7 Å². The minimum atomic E-state index is -3.89. The predicted molar refractivity (Wildman–Crippen MR) is 212 cm³/mol. The van der Waals surface area contributed by atoms with Gasteiger partial charge in [-0.15, -0.1) is 0 Å². The minimum Gasteiger partial charge on any atom is -0.465 e. The molecule has 14 nitrogen and oxygen atoms in total. The summed E-state index contributed by atoms with van der Waals surface area (Å²) < 4.78 is 40.1. The van der Waals surface area contributed by atoms with Crippen molar-refractivity contribution >= 4 is 45.6 Å². The van der Waals surface area contributed by atoms with E-state index in [4.69, 9.17) is 9.47 Å². The van der Waals surface area contributed by atoms with Crippen molar-refractivity contribution in [3.05, 3.63) is 47.5 Å². The first-order valence-corrected chi connectivity index (χ1v) is 22.7. The van der Waals surface area contributed by atoms with E-state index in [2.05, 4.69) is 17.4 Å². The fourth-order valence-electron chi connectivity index (χ4n) is 9.51. The number of cyclic esters (lactones) is 1. The van der Waals surface area contributed by atoms with E-state index in [1.165, 1.54) is 21.4 Å². The second-order valence-corrected chi connectivity index (χ2v) is 20.3. The third-order valence-electron chi connectivity index (χ3n) is 13.2. The molecule has 6 aliphatic rings. The summed E-state index contributed by atoms with van der Waals surface area (Å²) in [5.41, 5.74) is 1.72. The molecule has 15 heteroatoms. The Morgan fingerprint density at radius 1 is 0.966 bits per heavy atom. The number of fused-ring (bicyclic) bond motifs is 4. The number of ether oxygens (including phenoxy) is 2.